The van der Waals surface area contributed by atoms with Crippen molar-refractivity contribution in [3.05, 3.63) is 30.3 Å². The van der Waals surface area contributed by atoms with E-state index >= 15 is 0 Å². The maximum absolute atomic E-state index is 10.3. The molecule has 0 radical (unpaired) electrons. The van der Waals surface area contributed by atoms with Crippen LogP contribution in [0.3, 0.4) is 0 Å². The van der Waals surface area contributed by atoms with Crippen LogP contribution in [-0.2, 0) is 4.79 Å². The second-order valence-electron chi connectivity index (χ2n) is 2.19. The number of para-hydroxylation sites is 1. The molecule has 60 valence electrons. The Morgan fingerprint density at radius 1 is 1.36 bits per heavy atom. The molecule has 1 aromatic carbocycles. The van der Waals surface area contributed by atoms with E-state index in [2.05, 4.69) is 4.72 Å². The third kappa shape index (κ3) is 2.63. The highest BCUT2D eigenvalue weighted by Crippen LogP contribution is 2.18. The first-order valence-corrected chi connectivity index (χ1v) is 5.18. The van der Waals surface area contributed by atoms with Gasteiger partial charge in [-0.05, 0) is 18.4 Å². The normalized spacial score (nSPS) is 13.7. The van der Waals surface area contributed by atoms with Crippen LogP contribution in [0.5, 0.6) is 0 Å². The first-order chi connectivity index (χ1) is 5.33. The molecule has 2 nitrogen and oxygen atoms in total. The van der Waals surface area contributed by atoms with Gasteiger partial charge in [0.2, 0.25) is 0 Å². The summed E-state index contributed by atoms with van der Waals surface area (Å²) in [6, 6.07) is 9.72. The van der Waals surface area contributed by atoms with Crippen molar-refractivity contribution in [2.45, 2.75) is 0 Å². The quantitative estimate of drug-likeness (QED) is 0.534. The van der Waals surface area contributed by atoms with Gasteiger partial charge in [-0.1, -0.05) is 18.2 Å². The molecule has 0 heterocycles. The van der Waals surface area contributed by atoms with Crippen LogP contribution < -0.4 is 4.72 Å². The molecule has 3 heteroatoms. The Morgan fingerprint density at radius 3 is 2.55 bits per heavy atom. The van der Waals surface area contributed by atoms with Crippen LogP contribution in [0.15, 0.2) is 30.3 Å². The van der Waals surface area contributed by atoms with Gasteiger partial charge in [0.15, 0.2) is 5.62 Å². The van der Waals surface area contributed by atoms with E-state index in [9.17, 15) is 4.79 Å². The van der Waals surface area contributed by atoms with Gasteiger partial charge in [0, 0.05) is 5.69 Å². The van der Waals surface area contributed by atoms with E-state index in [4.69, 9.17) is 0 Å². The number of carbonyl (C=O) groups excluding carboxylic acids is 1. The van der Waals surface area contributed by atoms with E-state index in [1.165, 1.54) is 0 Å². The van der Waals surface area contributed by atoms with Crippen LogP contribution in [-0.4, -0.2) is 11.9 Å². The molecule has 0 spiro atoms. The molecule has 0 aliphatic heterocycles. The summed E-state index contributed by atoms with van der Waals surface area (Å²) in [4.78, 5) is 10.3. The van der Waals surface area contributed by atoms with Crippen LogP contribution in [0.1, 0.15) is 0 Å². The first kappa shape index (κ1) is 8.14. The molecule has 0 aromatic heterocycles. The van der Waals surface area contributed by atoms with Crippen molar-refractivity contribution in [1.82, 2.24) is 0 Å². The molecule has 1 N–H and O–H groups in total. The predicted octanol–water partition coefficient (Wildman–Crippen LogP) is 1.83. The molecule has 1 atom stereocenters. The Balaban J connectivity index is 2.57. The number of rotatable bonds is 3. The summed E-state index contributed by atoms with van der Waals surface area (Å²) in [5.41, 5.74) is 1.95. The van der Waals surface area contributed by atoms with Crippen molar-refractivity contribution in [3.8, 4) is 0 Å². The molecule has 0 bridgehead atoms. The monoisotopic (exact) mass is 169 g/mol. The van der Waals surface area contributed by atoms with Gasteiger partial charge in [0.05, 0.1) is 0 Å². The third-order valence-corrected chi connectivity index (χ3v) is 2.16. The van der Waals surface area contributed by atoms with Crippen molar-refractivity contribution in [2.24, 2.45) is 0 Å². The van der Waals surface area contributed by atoms with E-state index in [0.29, 0.717) is 0 Å². The van der Waals surface area contributed by atoms with E-state index in [1.54, 1.807) is 0 Å². The summed E-state index contributed by atoms with van der Waals surface area (Å²) in [5.74, 6) is 0. The molecule has 1 unspecified atom stereocenters. The molecule has 11 heavy (non-hydrogen) atoms. The molecule has 1 rings (SSSR count). The molecule has 0 amide bonds. The molecule has 0 aliphatic carbocycles. The number of anilines is 1. The minimum absolute atomic E-state index is 0.685. The number of hydrogen-bond donors (Lipinski definition) is 2. The van der Waals surface area contributed by atoms with Crippen LogP contribution in [0.25, 0.3) is 0 Å². The summed E-state index contributed by atoms with van der Waals surface area (Å²) < 4.78 is 3.09. The molecule has 0 saturated heterocycles. The molecular weight excluding hydrogens is 158 g/mol. The largest absolute Gasteiger partial charge is 0.344 e. The molecule has 0 fully saturated rings. The smallest absolute Gasteiger partial charge is 0.172 e. The van der Waals surface area contributed by atoms with Crippen LogP contribution in [0, 0.1) is 0 Å². The van der Waals surface area contributed by atoms with Crippen molar-refractivity contribution in [3.63, 3.8) is 0 Å². The highest BCUT2D eigenvalue weighted by Gasteiger charge is 1.91. The summed E-state index contributed by atoms with van der Waals surface area (Å²) in [6.07, 6.45) is 1.88. The molecule has 1 aromatic rings. The maximum atomic E-state index is 10.3. The lowest BCUT2D eigenvalue weighted by atomic mass is 10.3. The number of nitrogens with one attached hydrogen (secondary N) is 1. The van der Waals surface area contributed by atoms with Gasteiger partial charge < -0.3 is 4.72 Å². The number of carbonyl (C=O) groups is 1. The lowest BCUT2D eigenvalue weighted by molar-refractivity contribution is 0.570. The second kappa shape index (κ2) is 4.03. The number of thiol groups is 1. The van der Waals surface area contributed by atoms with Crippen molar-refractivity contribution >= 4 is 22.4 Å². The zero-order valence-corrected chi connectivity index (χ0v) is 7.21. The van der Waals surface area contributed by atoms with Crippen LogP contribution in [0.2, 0.25) is 0 Å². The van der Waals surface area contributed by atoms with E-state index in [0.717, 1.165) is 11.3 Å². The topological polar surface area (TPSA) is 29.1 Å². The average Bonchev–Trinajstić information content (AvgIpc) is 2.06. The van der Waals surface area contributed by atoms with Gasteiger partial charge in [0.25, 0.3) is 0 Å². The first-order valence-electron chi connectivity index (χ1n) is 3.33. The van der Waals surface area contributed by atoms with Gasteiger partial charge in [-0.2, -0.15) is 0 Å². The summed E-state index contributed by atoms with van der Waals surface area (Å²) in [7, 11) is 0. The Hall–Kier alpha value is -0.960. The zero-order valence-electron chi connectivity index (χ0n) is 6.32. The molecule has 0 saturated carbocycles. The van der Waals surface area contributed by atoms with Gasteiger partial charge in [-0.25, -0.2) is 0 Å². The fourth-order valence-electron chi connectivity index (χ4n) is 0.743. The fourth-order valence-corrected chi connectivity index (χ4v) is 1.35. The highest BCUT2D eigenvalue weighted by atomic mass is 32.2. The van der Waals surface area contributed by atoms with Gasteiger partial charge in [0.1, 0.15) is 0 Å². The molecule has 0 aliphatic rings. The Labute approximate surface area is 69.1 Å². The lowest BCUT2D eigenvalue weighted by Crippen LogP contribution is -1.93. The average molecular weight is 169 g/mol. The number of hydrogen-bond acceptors (Lipinski definition) is 2. The standard InChI is InChI=1S/C8H11NOS/c1-11(7-10)9-8-5-3-2-4-6-8/h2-7,9,11H,1H3. The highest BCUT2D eigenvalue weighted by molar-refractivity contribution is 8.28. The van der Waals surface area contributed by atoms with Crippen molar-refractivity contribution in [1.29, 1.82) is 0 Å². The minimum Gasteiger partial charge on any atom is -0.344 e. The minimum atomic E-state index is -0.685. The molecular formula is C8H11NOS. The number of benzene rings is 1. The van der Waals surface area contributed by atoms with Crippen LogP contribution in [0.4, 0.5) is 5.69 Å². The van der Waals surface area contributed by atoms with Crippen LogP contribution >= 0.6 is 11.1 Å². The Kier molecular flexibility index (Phi) is 2.98. The zero-order chi connectivity index (χ0) is 8.10. The Morgan fingerprint density at radius 2 is 2.00 bits per heavy atom. The predicted molar refractivity (Wildman–Crippen MR) is 51.7 cm³/mol. The summed E-state index contributed by atoms with van der Waals surface area (Å²) in [5, 5.41) is 0. The SMILES string of the molecule is C[SH](C=O)Nc1ccccc1. The second-order valence-corrected chi connectivity index (χ2v) is 3.85. The summed E-state index contributed by atoms with van der Waals surface area (Å²) >= 11 is -0.685. The van der Waals surface area contributed by atoms with Gasteiger partial charge >= 0.3 is 0 Å². The third-order valence-electron chi connectivity index (χ3n) is 1.24. The van der Waals surface area contributed by atoms with E-state index in [1.807, 2.05) is 36.6 Å². The van der Waals surface area contributed by atoms with E-state index < -0.39 is 11.1 Å². The van der Waals surface area contributed by atoms with Crippen molar-refractivity contribution in [2.75, 3.05) is 11.0 Å². The van der Waals surface area contributed by atoms with E-state index in [-0.39, 0.29) is 0 Å². The lowest BCUT2D eigenvalue weighted by Gasteiger charge is -2.10. The van der Waals surface area contributed by atoms with Crippen molar-refractivity contribution < 1.29 is 4.79 Å². The Bertz CT molecular complexity index is 225. The maximum Gasteiger partial charge on any atom is 0.172 e. The fraction of sp³-hybridized carbons (Fsp3) is 0.125. The summed E-state index contributed by atoms with van der Waals surface area (Å²) in [6.45, 7) is 0. The van der Waals surface area contributed by atoms with Gasteiger partial charge in [-0.15, -0.1) is 11.1 Å². The van der Waals surface area contributed by atoms with Gasteiger partial charge in [-0.3, -0.25) is 4.79 Å².